The van der Waals surface area contributed by atoms with Crippen LogP contribution in [0.15, 0.2) is 72.9 Å². The Balaban J connectivity index is 1.75. The van der Waals surface area contributed by atoms with Crippen molar-refractivity contribution < 1.29 is 14.3 Å². The summed E-state index contributed by atoms with van der Waals surface area (Å²) in [4.78, 5) is 18.3. The Morgan fingerprint density at radius 3 is 2.41 bits per heavy atom. The lowest BCUT2D eigenvalue weighted by atomic mass is 9.73. The second kappa shape index (κ2) is 7.82. The molecule has 1 amide bonds. The van der Waals surface area contributed by atoms with Gasteiger partial charge in [0.15, 0.2) is 0 Å². The summed E-state index contributed by atoms with van der Waals surface area (Å²) in [5, 5.41) is 19.8. The minimum Gasteiger partial charge on any atom is -0.394 e. The average molecular weight is 387 g/mol. The van der Waals surface area contributed by atoms with Crippen molar-refractivity contribution in [2.45, 2.75) is 18.0 Å². The number of amides is 1. The summed E-state index contributed by atoms with van der Waals surface area (Å²) in [6, 6.07) is 19.4. The molecule has 1 N–H and O–H groups in total. The summed E-state index contributed by atoms with van der Waals surface area (Å²) in [6.45, 7) is -0.312. The van der Waals surface area contributed by atoms with Crippen molar-refractivity contribution in [1.29, 1.82) is 5.26 Å². The summed E-state index contributed by atoms with van der Waals surface area (Å²) >= 11 is 0. The number of carbonyl (C=O) groups is 1. The molecule has 1 aliphatic heterocycles. The lowest BCUT2D eigenvalue weighted by molar-refractivity contribution is -0.00616. The third kappa shape index (κ3) is 3.16. The number of nitrogens with zero attached hydrogens (tertiary/aromatic N) is 3. The number of halogens is 1. The van der Waals surface area contributed by atoms with Crippen molar-refractivity contribution in [3.63, 3.8) is 0 Å². The average Bonchev–Trinajstić information content (AvgIpc) is 2.75. The number of nitriles is 1. The Kier molecular flexibility index (Phi) is 5.07. The minimum atomic E-state index is -0.783. The molecular weight excluding hydrogens is 369 g/mol. The van der Waals surface area contributed by atoms with Gasteiger partial charge < -0.3 is 10.0 Å². The van der Waals surface area contributed by atoms with Crippen molar-refractivity contribution in [2.75, 3.05) is 6.61 Å². The first-order valence-electron chi connectivity index (χ1n) is 9.25. The Bertz CT molecular complexity index is 1080. The number of benzene rings is 2. The van der Waals surface area contributed by atoms with Crippen molar-refractivity contribution >= 4 is 5.91 Å². The van der Waals surface area contributed by atoms with Gasteiger partial charge in [-0.15, -0.1) is 0 Å². The van der Waals surface area contributed by atoms with Crippen molar-refractivity contribution in [3.8, 4) is 17.2 Å². The molecule has 4 rings (SSSR count). The Labute approximate surface area is 167 Å². The van der Waals surface area contributed by atoms with Gasteiger partial charge >= 0.3 is 0 Å². The molecule has 1 fully saturated rings. The van der Waals surface area contributed by atoms with E-state index < -0.39 is 23.9 Å². The molecule has 0 bridgehead atoms. The Morgan fingerprint density at radius 2 is 1.76 bits per heavy atom. The highest BCUT2D eigenvalue weighted by Crippen LogP contribution is 2.44. The molecule has 0 radical (unpaired) electrons. The molecule has 3 aromatic rings. The van der Waals surface area contributed by atoms with Gasteiger partial charge in [-0.25, -0.2) is 4.39 Å². The molecule has 3 atom stereocenters. The highest BCUT2D eigenvalue weighted by Gasteiger charge is 2.52. The van der Waals surface area contributed by atoms with Crippen LogP contribution < -0.4 is 0 Å². The molecule has 144 valence electrons. The zero-order chi connectivity index (χ0) is 20.4. The first-order chi connectivity index (χ1) is 14.2. The van der Waals surface area contributed by atoms with Gasteiger partial charge in [0, 0.05) is 17.7 Å². The Hall–Kier alpha value is -3.56. The number of rotatable bonds is 4. The number of likely N-dealkylation sites (tertiary alicyclic amines) is 1. The number of aromatic nitrogens is 1. The molecule has 2 heterocycles. The second-order valence-corrected chi connectivity index (χ2v) is 6.84. The fraction of sp³-hybridized carbons (Fsp3) is 0.174. The van der Waals surface area contributed by atoms with Crippen LogP contribution in [0, 0.1) is 17.1 Å². The number of aliphatic hydroxyl groups excluding tert-OH is 1. The maximum atomic E-state index is 14.4. The van der Waals surface area contributed by atoms with Crippen LogP contribution in [0.2, 0.25) is 0 Å². The first kappa shape index (κ1) is 18.8. The highest BCUT2D eigenvalue weighted by molar-refractivity contribution is 5.94. The van der Waals surface area contributed by atoms with Crippen LogP contribution in [0.3, 0.4) is 0 Å². The number of carbonyl (C=O) groups excluding carboxylic acids is 1. The molecule has 6 heteroatoms. The van der Waals surface area contributed by atoms with Crippen molar-refractivity contribution in [3.05, 3.63) is 90.0 Å². The minimum absolute atomic E-state index is 0.215. The molecule has 0 spiro atoms. The lowest BCUT2D eigenvalue weighted by Gasteiger charge is -2.51. The smallest absolute Gasteiger partial charge is 0.273 e. The molecular formula is C23H18FN3O2. The summed E-state index contributed by atoms with van der Waals surface area (Å²) < 4.78 is 14.4. The maximum Gasteiger partial charge on any atom is 0.273 e. The largest absolute Gasteiger partial charge is 0.394 e. The van der Waals surface area contributed by atoms with Crippen molar-refractivity contribution in [2.24, 2.45) is 0 Å². The van der Waals surface area contributed by atoms with E-state index in [9.17, 15) is 19.6 Å². The van der Waals surface area contributed by atoms with Crippen LogP contribution in [0.4, 0.5) is 4.39 Å². The quantitative estimate of drug-likeness (QED) is 0.745. The second-order valence-electron chi connectivity index (χ2n) is 6.84. The van der Waals surface area contributed by atoms with Crippen LogP contribution in [0.25, 0.3) is 11.1 Å². The Morgan fingerprint density at radius 1 is 1.07 bits per heavy atom. The zero-order valence-electron chi connectivity index (χ0n) is 15.4. The van der Waals surface area contributed by atoms with Gasteiger partial charge in [-0.2, -0.15) is 5.26 Å². The van der Waals surface area contributed by atoms with Gasteiger partial charge in [0.25, 0.3) is 5.91 Å². The molecule has 1 saturated heterocycles. The summed E-state index contributed by atoms with van der Waals surface area (Å²) in [6.07, 6.45) is 1.51. The molecule has 5 nitrogen and oxygen atoms in total. The summed E-state index contributed by atoms with van der Waals surface area (Å²) in [7, 11) is 0. The third-order valence-corrected chi connectivity index (χ3v) is 5.33. The van der Waals surface area contributed by atoms with E-state index in [0.717, 1.165) is 5.56 Å². The molecule has 0 aliphatic carbocycles. The molecule has 1 aliphatic rings. The molecule has 29 heavy (non-hydrogen) atoms. The summed E-state index contributed by atoms with van der Waals surface area (Å²) in [5.74, 6) is -1.21. The van der Waals surface area contributed by atoms with Gasteiger partial charge in [-0.3, -0.25) is 9.78 Å². The SMILES string of the molecule is N#C[C@H]1[C@H](c2ccccc2-c2ccccc2F)[C@H](CO)N1C(=O)c1ccccn1. The van der Waals surface area contributed by atoms with Crippen LogP contribution in [0.1, 0.15) is 22.0 Å². The first-order valence-corrected chi connectivity index (χ1v) is 9.25. The molecule has 2 aromatic carbocycles. The third-order valence-electron chi connectivity index (χ3n) is 5.33. The maximum absolute atomic E-state index is 14.4. The topological polar surface area (TPSA) is 77.2 Å². The van der Waals surface area contributed by atoms with E-state index in [1.54, 1.807) is 48.5 Å². The van der Waals surface area contributed by atoms with E-state index in [4.69, 9.17) is 0 Å². The van der Waals surface area contributed by atoms with E-state index in [0.29, 0.717) is 11.1 Å². The van der Waals surface area contributed by atoms with Gasteiger partial charge in [0.1, 0.15) is 17.6 Å². The van der Waals surface area contributed by atoms with E-state index in [1.807, 2.05) is 12.1 Å². The number of hydrogen-bond donors (Lipinski definition) is 1. The highest BCUT2D eigenvalue weighted by atomic mass is 19.1. The number of aliphatic hydroxyl groups is 1. The van der Waals surface area contributed by atoms with Crippen LogP contribution in [-0.2, 0) is 0 Å². The summed E-state index contributed by atoms with van der Waals surface area (Å²) in [5.41, 5.74) is 2.02. The van der Waals surface area contributed by atoms with Gasteiger partial charge in [0.2, 0.25) is 0 Å². The van der Waals surface area contributed by atoms with Gasteiger partial charge in [-0.1, -0.05) is 48.5 Å². The van der Waals surface area contributed by atoms with E-state index >= 15 is 0 Å². The standard InChI is InChI=1S/C23H18FN3O2/c24-18-10-4-3-8-16(18)15-7-1-2-9-17(15)22-20(13-25)27(21(22)14-28)23(29)19-11-5-6-12-26-19/h1-12,20-22,28H,14H2/t20-,21-,22-/m0/s1. The van der Waals surface area contributed by atoms with E-state index in [-0.39, 0.29) is 18.1 Å². The van der Waals surface area contributed by atoms with Crippen molar-refractivity contribution in [1.82, 2.24) is 9.88 Å². The predicted octanol–water partition coefficient (Wildman–Crippen LogP) is 3.38. The molecule has 1 aromatic heterocycles. The van der Waals surface area contributed by atoms with Gasteiger partial charge in [0.05, 0.1) is 18.7 Å². The van der Waals surface area contributed by atoms with Crippen LogP contribution in [0.5, 0.6) is 0 Å². The normalized spacial score (nSPS) is 20.6. The molecule has 0 unspecified atom stereocenters. The fourth-order valence-electron chi connectivity index (χ4n) is 3.99. The van der Waals surface area contributed by atoms with Crippen LogP contribution in [-0.4, -0.2) is 39.6 Å². The predicted molar refractivity (Wildman–Crippen MR) is 105 cm³/mol. The van der Waals surface area contributed by atoms with E-state index in [2.05, 4.69) is 11.1 Å². The van der Waals surface area contributed by atoms with Gasteiger partial charge in [-0.05, 0) is 29.3 Å². The zero-order valence-corrected chi connectivity index (χ0v) is 15.4. The number of hydrogen-bond acceptors (Lipinski definition) is 4. The lowest BCUT2D eigenvalue weighted by Crippen LogP contribution is -2.65. The van der Waals surface area contributed by atoms with E-state index in [1.165, 1.54) is 17.2 Å². The monoisotopic (exact) mass is 387 g/mol. The molecule has 0 saturated carbocycles. The fourth-order valence-corrected chi connectivity index (χ4v) is 3.99. The van der Waals surface area contributed by atoms with Crippen LogP contribution >= 0.6 is 0 Å². The number of pyridine rings is 1.